The van der Waals surface area contributed by atoms with Gasteiger partial charge in [-0.3, -0.25) is 4.79 Å². The normalized spacial score (nSPS) is 10.9. The van der Waals surface area contributed by atoms with Gasteiger partial charge < -0.3 is 10.1 Å². The summed E-state index contributed by atoms with van der Waals surface area (Å²) >= 11 is 0. The Morgan fingerprint density at radius 1 is 1.03 bits per heavy atom. The molecule has 0 aliphatic heterocycles. The molecule has 4 heterocycles. The van der Waals surface area contributed by atoms with Gasteiger partial charge in [0.2, 0.25) is 11.8 Å². The molecule has 0 saturated heterocycles. The fourth-order valence-corrected chi connectivity index (χ4v) is 3.09. The van der Waals surface area contributed by atoms with Crippen molar-refractivity contribution < 1.29 is 9.53 Å². The second-order valence-electron chi connectivity index (χ2n) is 6.77. The molecule has 0 fully saturated rings. The Hall–Kier alpha value is -4.67. The Labute approximate surface area is 181 Å². The van der Waals surface area contributed by atoms with Crippen molar-refractivity contribution in [2.45, 2.75) is 13.2 Å². The van der Waals surface area contributed by atoms with Crippen LogP contribution in [0.2, 0.25) is 0 Å². The van der Waals surface area contributed by atoms with Gasteiger partial charge in [-0.2, -0.15) is 5.10 Å². The molecule has 0 radical (unpaired) electrons. The standard InChI is InChI=1S/C21H17N9O2/c31-19(26-18-8-4-5-9-22-18)12-29-11-15(27-28-29)13-32-21-17-10-25-30(20(17)23-14-24-21)16-6-2-1-3-7-16/h1-11,14H,12-13H2,(H,22,26,31). The van der Waals surface area contributed by atoms with Crippen LogP contribution >= 0.6 is 0 Å². The highest BCUT2D eigenvalue weighted by molar-refractivity contribution is 5.89. The van der Waals surface area contributed by atoms with E-state index in [0.29, 0.717) is 28.4 Å². The fraction of sp³-hybridized carbons (Fsp3) is 0.0952. The van der Waals surface area contributed by atoms with Crippen LogP contribution in [0.4, 0.5) is 5.82 Å². The van der Waals surface area contributed by atoms with Crippen LogP contribution in [0.3, 0.4) is 0 Å². The molecule has 0 aliphatic carbocycles. The first kappa shape index (κ1) is 19.3. The summed E-state index contributed by atoms with van der Waals surface area (Å²) in [4.78, 5) is 24.7. The predicted molar refractivity (Wildman–Crippen MR) is 114 cm³/mol. The SMILES string of the molecule is O=C(Cn1cc(COc2ncnc3c2cnn3-c2ccccc2)nn1)Nc1ccccn1. The van der Waals surface area contributed by atoms with Crippen molar-refractivity contribution in [3.8, 4) is 11.6 Å². The lowest BCUT2D eigenvalue weighted by Crippen LogP contribution is -2.19. The van der Waals surface area contributed by atoms with Crippen LogP contribution in [-0.4, -0.2) is 45.6 Å². The highest BCUT2D eigenvalue weighted by Gasteiger charge is 2.13. The average molecular weight is 427 g/mol. The molecule has 0 unspecified atom stereocenters. The molecule has 4 aromatic heterocycles. The monoisotopic (exact) mass is 427 g/mol. The van der Waals surface area contributed by atoms with Crippen LogP contribution in [0.25, 0.3) is 16.7 Å². The van der Waals surface area contributed by atoms with Crippen molar-refractivity contribution >= 4 is 22.8 Å². The molecule has 0 atom stereocenters. The van der Waals surface area contributed by atoms with E-state index in [1.165, 1.54) is 11.0 Å². The van der Waals surface area contributed by atoms with E-state index in [1.807, 2.05) is 30.3 Å². The fourth-order valence-electron chi connectivity index (χ4n) is 3.09. The summed E-state index contributed by atoms with van der Waals surface area (Å²) < 4.78 is 8.99. The third-order valence-corrected chi connectivity index (χ3v) is 4.51. The van der Waals surface area contributed by atoms with E-state index in [4.69, 9.17) is 4.74 Å². The van der Waals surface area contributed by atoms with Crippen LogP contribution in [0.15, 0.2) is 73.4 Å². The van der Waals surface area contributed by atoms with Crippen molar-refractivity contribution in [1.29, 1.82) is 0 Å². The summed E-state index contributed by atoms with van der Waals surface area (Å²) in [5.74, 6) is 0.608. The highest BCUT2D eigenvalue weighted by Crippen LogP contribution is 2.23. The number of hydrogen-bond acceptors (Lipinski definition) is 8. The number of benzene rings is 1. The summed E-state index contributed by atoms with van der Waals surface area (Å²) in [6.45, 7) is 0.135. The van der Waals surface area contributed by atoms with Gasteiger partial charge in [-0.15, -0.1) is 5.10 Å². The lowest BCUT2D eigenvalue weighted by molar-refractivity contribution is -0.116. The summed E-state index contributed by atoms with van der Waals surface area (Å²) in [6.07, 6.45) is 6.34. The topological polar surface area (TPSA) is 126 Å². The molecule has 1 amide bonds. The number of nitrogens with zero attached hydrogens (tertiary/aromatic N) is 8. The molecule has 158 valence electrons. The number of nitrogens with one attached hydrogen (secondary N) is 1. The molecule has 0 bridgehead atoms. The van der Waals surface area contributed by atoms with Gasteiger partial charge in [0, 0.05) is 6.20 Å². The minimum Gasteiger partial charge on any atom is -0.470 e. The van der Waals surface area contributed by atoms with Gasteiger partial charge in [-0.05, 0) is 24.3 Å². The first-order valence-electron chi connectivity index (χ1n) is 9.73. The molecule has 32 heavy (non-hydrogen) atoms. The zero-order valence-corrected chi connectivity index (χ0v) is 16.7. The summed E-state index contributed by atoms with van der Waals surface area (Å²) in [6, 6.07) is 15.0. The molecule has 0 spiro atoms. The van der Waals surface area contributed by atoms with E-state index < -0.39 is 0 Å². The second-order valence-corrected chi connectivity index (χ2v) is 6.77. The number of para-hydroxylation sites is 1. The van der Waals surface area contributed by atoms with Gasteiger partial charge in [-0.25, -0.2) is 24.3 Å². The van der Waals surface area contributed by atoms with Gasteiger partial charge >= 0.3 is 0 Å². The molecule has 1 N–H and O–H groups in total. The number of amides is 1. The Bertz CT molecular complexity index is 1350. The molecule has 5 rings (SSSR count). The maximum absolute atomic E-state index is 12.1. The van der Waals surface area contributed by atoms with E-state index in [0.717, 1.165) is 5.69 Å². The molecular formula is C21H17N9O2. The van der Waals surface area contributed by atoms with Crippen LogP contribution in [0.1, 0.15) is 5.69 Å². The zero-order valence-electron chi connectivity index (χ0n) is 16.7. The minimum atomic E-state index is -0.257. The average Bonchev–Trinajstić information content (AvgIpc) is 3.46. The van der Waals surface area contributed by atoms with E-state index >= 15 is 0 Å². The molecule has 11 nitrogen and oxygen atoms in total. The Kier molecular flexibility index (Phi) is 5.19. The minimum absolute atomic E-state index is 0.00513. The lowest BCUT2D eigenvalue weighted by Gasteiger charge is -2.05. The Morgan fingerprint density at radius 3 is 2.75 bits per heavy atom. The number of ether oxygens (including phenoxy) is 1. The van der Waals surface area contributed by atoms with Crippen LogP contribution in [0.5, 0.6) is 5.88 Å². The molecular weight excluding hydrogens is 410 g/mol. The maximum Gasteiger partial charge on any atom is 0.247 e. The summed E-state index contributed by atoms with van der Waals surface area (Å²) in [5, 5.41) is 15.8. The maximum atomic E-state index is 12.1. The quantitative estimate of drug-likeness (QED) is 0.418. The van der Waals surface area contributed by atoms with E-state index in [9.17, 15) is 4.79 Å². The number of carbonyl (C=O) groups is 1. The second kappa shape index (κ2) is 8.60. The van der Waals surface area contributed by atoms with Gasteiger partial charge in [-0.1, -0.05) is 29.5 Å². The van der Waals surface area contributed by atoms with Crippen molar-refractivity contribution in [1.82, 2.24) is 39.7 Å². The first-order chi connectivity index (χ1) is 15.8. The number of carbonyl (C=O) groups excluding carboxylic acids is 1. The molecule has 5 aromatic rings. The van der Waals surface area contributed by atoms with E-state index in [-0.39, 0.29) is 19.1 Å². The summed E-state index contributed by atoms with van der Waals surface area (Å²) in [5.41, 5.74) is 2.08. The molecule has 11 heteroatoms. The number of pyridine rings is 1. The lowest BCUT2D eigenvalue weighted by atomic mass is 10.3. The van der Waals surface area contributed by atoms with Gasteiger partial charge in [0.25, 0.3) is 0 Å². The van der Waals surface area contributed by atoms with E-state index in [1.54, 1.807) is 41.5 Å². The number of fused-ring (bicyclic) bond motifs is 1. The zero-order chi connectivity index (χ0) is 21.8. The van der Waals surface area contributed by atoms with Crippen molar-refractivity contribution in [3.05, 3.63) is 79.1 Å². The predicted octanol–water partition coefficient (Wildman–Crippen LogP) is 2.02. The van der Waals surface area contributed by atoms with Crippen molar-refractivity contribution in [3.63, 3.8) is 0 Å². The highest BCUT2D eigenvalue weighted by atomic mass is 16.5. The molecule has 0 saturated carbocycles. The van der Waals surface area contributed by atoms with Gasteiger partial charge in [0.1, 0.15) is 36.4 Å². The van der Waals surface area contributed by atoms with Crippen molar-refractivity contribution in [2.24, 2.45) is 0 Å². The smallest absolute Gasteiger partial charge is 0.247 e. The third kappa shape index (κ3) is 4.12. The summed E-state index contributed by atoms with van der Waals surface area (Å²) in [7, 11) is 0. The number of hydrogen-bond donors (Lipinski definition) is 1. The number of rotatable bonds is 7. The van der Waals surface area contributed by atoms with Crippen LogP contribution in [0, 0.1) is 0 Å². The molecule has 0 aliphatic rings. The van der Waals surface area contributed by atoms with E-state index in [2.05, 4.69) is 35.7 Å². The van der Waals surface area contributed by atoms with Crippen LogP contribution in [-0.2, 0) is 17.9 Å². The van der Waals surface area contributed by atoms with Gasteiger partial charge in [0.05, 0.1) is 18.1 Å². The number of anilines is 1. The largest absolute Gasteiger partial charge is 0.470 e. The van der Waals surface area contributed by atoms with Gasteiger partial charge in [0.15, 0.2) is 5.65 Å². The van der Waals surface area contributed by atoms with Crippen molar-refractivity contribution in [2.75, 3.05) is 5.32 Å². The van der Waals surface area contributed by atoms with Crippen LogP contribution < -0.4 is 10.1 Å². The third-order valence-electron chi connectivity index (χ3n) is 4.51. The number of aromatic nitrogens is 8. The molecule has 1 aromatic carbocycles. The first-order valence-corrected chi connectivity index (χ1v) is 9.73. The Balaban J connectivity index is 1.25. The Morgan fingerprint density at radius 2 is 1.91 bits per heavy atom.